The van der Waals surface area contributed by atoms with Crippen molar-refractivity contribution in [3.05, 3.63) is 63.7 Å². The van der Waals surface area contributed by atoms with E-state index in [0.717, 1.165) is 0 Å². The van der Waals surface area contributed by atoms with E-state index < -0.39 is 11.5 Å². The molecule has 0 fully saturated rings. The van der Waals surface area contributed by atoms with Crippen molar-refractivity contribution in [3.63, 3.8) is 0 Å². The summed E-state index contributed by atoms with van der Waals surface area (Å²) in [6.45, 7) is -2.78. The molecule has 0 saturated carbocycles. The molecule has 2 aromatic carbocycles. The van der Waals surface area contributed by atoms with Crippen LogP contribution in [0, 0.1) is 21.4 Å². The smallest absolute Gasteiger partial charge is 0.387 e. The first kappa shape index (κ1) is 19.8. The van der Waals surface area contributed by atoms with Crippen LogP contribution in [-0.2, 0) is 6.54 Å². The Balaban J connectivity index is 1.86. The maximum Gasteiger partial charge on any atom is 0.387 e. The fourth-order valence-corrected chi connectivity index (χ4v) is 2.72. The molecule has 29 heavy (non-hydrogen) atoms. The molecule has 0 amide bonds. The van der Waals surface area contributed by atoms with Crippen LogP contribution in [0.3, 0.4) is 0 Å². The second-order valence-corrected chi connectivity index (χ2v) is 5.84. The number of nitro groups is 1. The molecule has 1 heterocycles. The van der Waals surface area contributed by atoms with E-state index in [4.69, 9.17) is 4.74 Å². The lowest BCUT2D eigenvalue weighted by molar-refractivity contribution is -0.384. The third-order valence-electron chi connectivity index (χ3n) is 4.04. The minimum absolute atomic E-state index is 0.0988. The number of fused-ring (bicyclic) bond motifs is 1. The van der Waals surface area contributed by atoms with Gasteiger partial charge in [-0.05, 0) is 29.8 Å². The predicted octanol–water partition coefficient (Wildman–Crippen LogP) is 4.24. The molecule has 3 aromatic rings. The van der Waals surface area contributed by atoms with Crippen LogP contribution in [0.1, 0.15) is 11.1 Å². The van der Waals surface area contributed by atoms with Gasteiger partial charge in [0.05, 0.1) is 29.2 Å². The number of benzene rings is 2. The van der Waals surface area contributed by atoms with E-state index in [9.17, 15) is 24.2 Å². The standard InChI is InChI=1S/C19H14F2N4O4/c1-28-16-5-2-11(6-17(16)29-19(20)21)10-23-18-7-12(9-22)14-8-13(25(26)27)3-4-15(14)24-18/h2-8,19H,10H2,1H3,(H,23,24). The Morgan fingerprint density at radius 2 is 2.03 bits per heavy atom. The van der Waals surface area contributed by atoms with E-state index in [2.05, 4.69) is 15.0 Å². The number of rotatable bonds is 7. The highest BCUT2D eigenvalue weighted by molar-refractivity contribution is 5.88. The molecule has 1 aromatic heterocycles. The van der Waals surface area contributed by atoms with Crippen molar-refractivity contribution < 1.29 is 23.2 Å². The highest BCUT2D eigenvalue weighted by Crippen LogP contribution is 2.30. The number of nitro benzene ring substituents is 1. The lowest BCUT2D eigenvalue weighted by atomic mass is 10.1. The lowest BCUT2D eigenvalue weighted by Crippen LogP contribution is -2.06. The number of hydrogen-bond donors (Lipinski definition) is 1. The number of hydrogen-bond acceptors (Lipinski definition) is 7. The molecule has 3 rings (SSSR count). The number of nitrogens with one attached hydrogen (secondary N) is 1. The molecule has 0 aliphatic rings. The van der Waals surface area contributed by atoms with Gasteiger partial charge in [-0.15, -0.1) is 0 Å². The summed E-state index contributed by atoms with van der Waals surface area (Å²) >= 11 is 0. The number of anilines is 1. The van der Waals surface area contributed by atoms with E-state index in [1.165, 1.54) is 43.5 Å². The van der Waals surface area contributed by atoms with Crippen molar-refractivity contribution in [3.8, 4) is 17.6 Å². The van der Waals surface area contributed by atoms with Crippen molar-refractivity contribution in [2.24, 2.45) is 0 Å². The van der Waals surface area contributed by atoms with Gasteiger partial charge in [-0.1, -0.05) is 6.07 Å². The highest BCUT2D eigenvalue weighted by atomic mass is 19.3. The lowest BCUT2D eigenvalue weighted by Gasteiger charge is -2.12. The summed E-state index contributed by atoms with van der Waals surface area (Å²) in [4.78, 5) is 14.7. The molecular formula is C19H14F2N4O4. The molecule has 0 atom stereocenters. The number of pyridine rings is 1. The Labute approximate surface area is 163 Å². The Morgan fingerprint density at radius 3 is 2.69 bits per heavy atom. The number of alkyl halides is 2. The summed E-state index contributed by atoms with van der Waals surface area (Å²) < 4.78 is 34.6. The largest absolute Gasteiger partial charge is 0.493 e. The van der Waals surface area contributed by atoms with E-state index >= 15 is 0 Å². The zero-order chi connectivity index (χ0) is 21.0. The van der Waals surface area contributed by atoms with E-state index in [-0.39, 0.29) is 29.3 Å². The van der Waals surface area contributed by atoms with Gasteiger partial charge in [0.25, 0.3) is 5.69 Å². The first-order chi connectivity index (χ1) is 13.9. The van der Waals surface area contributed by atoms with Gasteiger partial charge < -0.3 is 14.8 Å². The average Bonchev–Trinajstić information content (AvgIpc) is 2.70. The Bertz CT molecular complexity index is 1120. The fourth-order valence-electron chi connectivity index (χ4n) is 2.72. The van der Waals surface area contributed by atoms with Crippen molar-refractivity contribution in [1.82, 2.24) is 4.98 Å². The first-order valence-corrected chi connectivity index (χ1v) is 8.26. The van der Waals surface area contributed by atoms with Crippen molar-refractivity contribution in [2.45, 2.75) is 13.2 Å². The summed E-state index contributed by atoms with van der Waals surface area (Å²) in [5.74, 6) is 0.430. The molecule has 0 aliphatic heterocycles. The number of ether oxygens (including phenoxy) is 2. The zero-order valence-electron chi connectivity index (χ0n) is 15.1. The number of nitrogens with zero attached hydrogens (tertiary/aromatic N) is 3. The summed E-state index contributed by atoms with van der Waals surface area (Å²) in [6.07, 6.45) is 0. The van der Waals surface area contributed by atoms with Crippen LogP contribution in [0.25, 0.3) is 10.9 Å². The molecule has 0 bridgehead atoms. The maximum absolute atomic E-state index is 12.6. The molecule has 10 heteroatoms. The molecule has 0 radical (unpaired) electrons. The number of methoxy groups -OCH3 is 1. The third-order valence-corrected chi connectivity index (χ3v) is 4.04. The molecule has 8 nitrogen and oxygen atoms in total. The highest BCUT2D eigenvalue weighted by Gasteiger charge is 2.13. The minimum Gasteiger partial charge on any atom is -0.493 e. The predicted molar refractivity (Wildman–Crippen MR) is 100 cm³/mol. The molecule has 148 valence electrons. The number of nitriles is 1. The van der Waals surface area contributed by atoms with Crippen LogP contribution in [0.5, 0.6) is 11.5 Å². The Hall–Kier alpha value is -4.00. The van der Waals surface area contributed by atoms with Crippen LogP contribution >= 0.6 is 0 Å². The van der Waals surface area contributed by atoms with E-state index in [0.29, 0.717) is 22.3 Å². The van der Waals surface area contributed by atoms with Gasteiger partial charge in [0.15, 0.2) is 11.5 Å². The van der Waals surface area contributed by atoms with Gasteiger partial charge in [-0.2, -0.15) is 14.0 Å². The van der Waals surface area contributed by atoms with Crippen molar-refractivity contribution >= 4 is 22.4 Å². The van der Waals surface area contributed by atoms with Crippen molar-refractivity contribution in [2.75, 3.05) is 12.4 Å². The summed E-state index contributed by atoms with van der Waals surface area (Å²) in [7, 11) is 1.35. The molecule has 0 aliphatic carbocycles. The monoisotopic (exact) mass is 400 g/mol. The van der Waals surface area contributed by atoms with Crippen LogP contribution in [0.15, 0.2) is 42.5 Å². The maximum atomic E-state index is 12.6. The second kappa shape index (κ2) is 8.35. The number of aromatic nitrogens is 1. The van der Waals surface area contributed by atoms with Crippen LogP contribution < -0.4 is 14.8 Å². The normalized spacial score (nSPS) is 10.6. The number of halogens is 2. The molecule has 1 N–H and O–H groups in total. The van der Waals surface area contributed by atoms with Gasteiger partial charge in [0.1, 0.15) is 5.82 Å². The quantitative estimate of drug-likeness (QED) is 0.466. The van der Waals surface area contributed by atoms with E-state index in [1.807, 2.05) is 6.07 Å². The fraction of sp³-hybridized carbons (Fsp3) is 0.158. The SMILES string of the molecule is COc1ccc(CNc2cc(C#N)c3cc([N+](=O)[O-])ccc3n2)cc1OC(F)F. The number of non-ortho nitro benzene ring substituents is 1. The van der Waals surface area contributed by atoms with Gasteiger partial charge in [0, 0.05) is 24.1 Å². The molecule has 0 saturated heterocycles. The zero-order valence-corrected chi connectivity index (χ0v) is 15.1. The van der Waals surface area contributed by atoms with Gasteiger partial charge in [-0.25, -0.2) is 4.98 Å². The Kier molecular flexibility index (Phi) is 5.69. The summed E-state index contributed by atoms with van der Waals surface area (Å²) in [5.41, 5.74) is 1.11. The molecule has 0 spiro atoms. The van der Waals surface area contributed by atoms with Crippen molar-refractivity contribution in [1.29, 1.82) is 5.26 Å². The Morgan fingerprint density at radius 1 is 1.24 bits per heavy atom. The van der Waals surface area contributed by atoms with Gasteiger partial charge >= 0.3 is 6.61 Å². The topological polar surface area (TPSA) is 110 Å². The third kappa shape index (κ3) is 4.47. The van der Waals surface area contributed by atoms with E-state index in [1.54, 1.807) is 6.07 Å². The second-order valence-electron chi connectivity index (χ2n) is 5.84. The summed E-state index contributed by atoms with van der Waals surface area (Å²) in [5, 5.41) is 23.7. The van der Waals surface area contributed by atoms with Crippen LogP contribution in [0.2, 0.25) is 0 Å². The summed E-state index contributed by atoms with van der Waals surface area (Å²) in [6, 6.07) is 12.1. The minimum atomic E-state index is -2.99. The molecular weight excluding hydrogens is 386 g/mol. The first-order valence-electron chi connectivity index (χ1n) is 8.26. The average molecular weight is 400 g/mol. The molecule has 0 unspecified atom stereocenters. The van der Waals surface area contributed by atoms with Crippen LogP contribution in [-0.4, -0.2) is 23.6 Å². The van der Waals surface area contributed by atoms with Gasteiger partial charge in [-0.3, -0.25) is 10.1 Å². The van der Waals surface area contributed by atoms with Crippen LogP contribution in [0.4, 0.5) is 20.3 Å². The van der Waals surface area contributed by atoms with Gasteiger partial charge in [0.2, 0.25) is 0 Å².